The van der Waals surface area contributed by atoms with Crippen LogP contribution in [0, 0.1) is 0 Å². The van der Waals surface area contributed by atoms with Gasteiger partial charge in [0.2, 0.25) is 5.91 Å². The van der Waals surface area contributed by atoms with E-state index in [2.05, 4.69) is 22.6 Å². The molecule has 0 fully saturated rings. The molecule has 0 aliphatic heterocycles. The Morgan fingerprint density at radius 3 is 0.757 bits per heavy atom. The SMILES string of the molecule is O=C(CCCCCCCCCCCCCCCCCCCCCCCCCCCCCCCCI)NO. The number of unbranched alkanes of at least 4 members (excludes halogenated alkanes) is 29. The van der Waals surface area contributed by atoms with E-state index in [0.717, 1.165) is 12.8 Å². The largest absolute Gasteiger partial charge is 0.289 e. The monoisotopic (exact) mass is 635 g/mol. The van der Waals surface area contributed by atoms with Gasteiger partial charge < -0.3 is 0 Å². The van der Waals surface area contributed by atoms with Crippen LogP contribution in [0.5, 0.6) is 0 Å². The predicted molar refractivity (Wildman–Crippen MR) is 172 cm³/mol. The molecule has 0 spiro atoms. The Balaban J connectivity index is 3.03. The van der Waals surface area contributed by atoms with Gasteiger partial charge in [-0.05, 0) is 17.3 Å². The second-order valence-electron chi connectivity index (χ2n) is 11.6. The van der Waals surface area contributed by atoms with Crippen molar-refractivity contribution in [2.24, 2.45) is 0 Å². The fourth-order valence-electron chi connectivity index (χ4n) is 5.39. The van der Waals surface area contributed by atoms with E-state index in [9.17, 15) is 4.79 Å². The minimum absolute atomic E-state index is 0.254. The van der Waals surface area contributed by atoms with E-state index in [1.165, 1.54) is 184 Å². The molecule has 0 aromatic rings. The summed E-state index contributed by atoms with van der Waals surface area (Å²) in [5.74, 6) is -0.254. The van der Waals surface area contributed by atoms with E-state index in [1.54, 1.807) is 5.48 Å². The number of nitrogens with one attached hydrogen (secondary N) is 1. The fraction of sp³-hybridized carbons (Fsp3) is 0.970. The lowest BCUT2D eigenvalue weighted by molar-refractivity contribution is -0.129. The van der Waals surface area contributed by atoms with Crippen molar-refractivity contribution in [2.45, 2.75) is 199 Å². The van der Waals surface area contributed by atoms with Gasteiger partial charge in [-0.1, -0.05) is 202 Å². The lowest BCUT2D eigenvalue weighted by Crippen LogP contribution is -2.17. The summed E-state index contributed by atoms with van der Waals surface area (Å²) >= 11 is 2.49. The zero-order chi connectivity index (χ0) is 26.9. The molecule has 0 heterocycles. The van der Waals surface area contributed by atoms with Gasteiger partial charge in [-0.25, -0.2) is 5.48 Å². The van der Waals surface area contributed by atoms with Crippen LogP contribution in [0.3, 0.4) is 0 Å². The van der Waals surface area contributed by atoms with Crippen molar-refractivity contribution in [1.29, 1.82) is 0 Å². The molecule has 0 aromatic carbocycles. The van der Waals surface area contributed by atoms with E-state index in [1.807, 2.05) is 0 Å². The molecular formula is C33H66INO2. The van der Waals surface area contributed by atoms with E-state index in [-0.39, 0.29) is 5.91 Å². The first-order chi connectivity index (χ1) is 18.3. The average Bonchev–Trinajstić information content (AvgIpc) is 2.91. The van der Waals surface area contributed by atoms with Gasteiger partial charge in [0.25, 0.3) is 0 Å². The Hall–Kier alpha value is 0.160. The van der Waals surface area contributed by atoms with Crippen molar-refractivity contribution < 1.29 is 10.0 Å². The minimum Gasteiger partial charge on any atom is -0.289 e. The number of alkyl halides is 1. The Kier molecular flexibility index (Phi) is 34.3. The summed E-state index contributed by atoms with van der Waals surface area (Å²) in [5.41, 5.74) is 1.70. The number of hydroxylamine groups is 1. The number of carbonyl (C=O) groups excluding carboxylic acids is 1. The van der Waals surface area contributed by atoms with Crippen LogP contribution >= 0.6 is 22.6 Å². The zero-order valence-electron chi connectivity index (χ0n) is 24.9. The number of halogens is 1. The Bertz CT molecular complexity index is 433. The highest BCUT2D eigenvalue weighted by atomic mass is 127. The lowest BCUT2D eigenvalue weighted by Gasteiger charge is -2.04. The highest BCUT2D eigenvalue weighted by Crippen LogP contribution is 2.16. The first-order valence-electron chi connectivity index (χ1n) is 16.8. The second kappa shape index (κ2) is 34.2. The quantitative estimate of drug-likeness (QED) is 0.0254. The molecule has 0 radical (unpaired) electrons. The molecule has 1 amide bonds. The third-order valence-electron chi connectivity index (χ3n) is 7.91. The van der Waals surface area contributed by atoms with Crippen LogP contribution in [0.4, 0.5) is 0 Å². The highest BCUT2D eigenvalue weighted by molar-refractivity contribution is 14.1. The standard InChI is InChI=1S/C33H66INO2/c34-32-30-28-26-24-22-20-18-16-14-12-10-8-6-4-2-1-3-5-7-9-11-13-15-17-19-21-23-25-27-29-31-33(36)35-37/h37H,1-32H2,(H,35,36). The molecule has 2 N–H and O–H groups in total. The molecule has 4 heteroatoms. The first kappa shape index (κ1) is 37.2. The van der Waals surface area contributed by atoms with E-state index < -0.39 is 0 Å². The molecule has 0 atom stereocenters. The van der Waals surface area contributed by atoms with Crippen molar-refractivity contribution in [3.63, 3.8) is 0 Å². The van der Waals surface area contributed by atoms with Crippen molar-refractivity contribution in [3.8, 4) is 0 Å². The lowest BCUT2D eigenvalue weighted by atomic mass is 10.0. The molecule has 222 valence electrons. The van der Waals surface area contributed by atoms with Crippen molar-refractivity contribution in [2.75, 3.05) is 4.43 Å². The summed E-state index contributed by atoms with van der Waals surface area (Å²) in [4.78, 5) is 10.9. The number of amides is 1. The van der Waals surface area contributed by atoms with Crippen molar-refractivity contribution in [1.82, 2.24) is 5.48 Å². The van der Waals surface area contributed by atoms with E-state index in [4.69, 9.17) is 5.21 Å². The van der Waals surface area contributed by atoms with Gasteiger partial charge in [-0.3, -0.25) is 10.0 Å². The summed E-state index contributed by atoms with van der Waals surface area (Å²) in [6.07, 6.45) is 42.7. The topological polar surface area (TPSA) is 49.3 Å². The van der Waals surface area contributed by atoms with Gasteiger partial charge in [0.1, 0.15) is 0 Å². The highest BCUT2D eigenvalue weighted by Gasteiger charge is 1.99. The van der Waals surface area contributed by atoms with Crippen LogP contribution in [0.25, 0.3) is 0 Å². The maximum absolute atomic E-state index is 10.9. The van der Waals surface area contributed by atoms with Gasteiger partial charge in [-0.15, -0.1) is 0 Å². The Morgan fingerprint density at radius 2 is 0.568 bits per heavy atom. The first-order valence-corrected chi connectivity index (χ1v) is 18.3. The molecule has 0 saturated carbocycles. The molecule has 0 aliphatic carbocycles. The molecule has 0 unspecified atom stereocenters. The van der Waals surface area contributed by atoms with Gasteiger partial charge in [0.15, 0.2) is 0 Å². The molecule has 0 saturated heterocycles. The fourth-order valence-corrected chi connectivity index (χ4v) is 5.93. The second-order valence-corrected chi connectivity index (χ2v) is 12.7. The molecule has 0 aromatic heterocycles. The smallest absolute Gasteiger partial charge is 0.243 e. The Labute approximate surface area is 246 Å². The molecular weight excluding hydrogens is 569 g/mol. The number of hydrogen-bond donors (Lipinski definition) is 2. The molecule has 3 nitrogen and oxygen atoms in total. The average molecular weight is 636 g/mol. The maximum Gasteiger partial charge on any atom is 0.243 e. The van der Waals surface area contributed by atoms with Crippen LogP contribution in [-0.2, 0) is 4.79 Å². The zero-order valence-corrected chi connectivity index (χ0v) is 27.0. The Morgan fingerprint density at radius 1 is 0.378 bits per heavy atom. The van der Waals surface area contributed by atoms with Crippen LogP contribution in [0.15, 0.2) is 0 Å². The number of rotatable bonds is 32. The summed E-state index contributed by atoms with van der Waals surface area (Å²) in [5, 5.41) is 8.45. The third-order valence-corrected chi connectivity index (χ3v) is 8.67. The van der Waals surface area contributed by atoms with Crippen LogP contribution in [-0.4, -0.2) is 15.5 Å². The number of carbonyl (C=O) groups is 1. The third kappa shape index (κ3) is 34.1. The van der Waals surface area contributed by atoms with Crippen molar-refractivity contribution in [3.05, 3.63) is 0 Å². The minimum atomic E-state index is -0.254. The number of hydrogen-bond acceptors (Lipinski definition) is 2. The summed E-state index contributed by atoms with van der Waals surface area (Å²) in [6, 6.07) is 0. The van der Waals surface area contributed by atoms with Crippen molar-refractivity contribution >= 4 is 28.5 Å². The molecule has 0 bridgehead atoms. The maximum atomic E-state index is 10.9. The summed E-state index contributed by atoms with van der Waals surface area (Å²) in [6.45, 7) is 0. The molecule has 0 aliphatic rings. The van der Waals surface area contributed by atoms with Crippen LogP contribution < -0.4 is 5.48 Å². The molecule has 0 rings (SSSR count). The van der Waals surface area contributed by atoms with E-state index >= 15 is 0 Å². The van der Waals surface area contributed by atoms with Crippen LogP contribution in [0.1, 0.15) is 199 Å². The van der Waals surface area contributed by atoms with E-state index in [0.29, 0.717) is 6.42 Å². The normalized spacial score (nSPS) is 11.3. The molecule has 37 heavy (non-hydrogen) atoms. The van der Waals surface area contributed by atoms with Gasteiger partial charge in [0.05, 0.1) is 0 Å². The van der Waals surface area contributed by atoms with Gasteiger partial charge >= 0.3 is 0 Å². The van der Waals surface area contributed by atoms with Gasteiger partial charge in [-0.2, -0.15) is 0 Å². The summed E-state index contributed by atoms with van der Waals surface area (Å²) < 4.78 is 1.34. The van der Waals surface area contributed by atoms with Crippen LogP contribution in [0.2, 0.25) is 0 Å². The predicted octanol–water partition coefficient (Wildman–Crippen LogP) is 12.0. The van der Waals surface area contributed by atoms with Gasteiger partial charge in [0, 0.05) is 6.42 Å². The summed E-state index contributed by atoms with van der Waals surface area (Å²) in [7, 11) is 0.